The maximum absolute atomic E-state index is 6.20. The number of nitrogens with zero attached hydrogens (tertiary/aromatic N) is 2. The van der Waals surface area contributed by atoms with Crippen molar-refractivity contribution in [3.8, 4) is 0 Å². The summed E-state index contributed by atoms with van der Waals surface area (Å²) in [5.41, 5.74) is 15.7. The van der Waals surface area contributed by atoms with Crippen LogP contribution in [0.3, 0.4) is 0 Å². The molecule has 0 aliphatic carbocycles. The van der Waals surface area contributed by atoms with E-state index < -0.39 is 0 Å². The van der Waals surface area contributed by atoms with E-state index in [-0.39, 0.29) is 5.54 Å². The van der Waals surface area contributed by atoms with Gasteiger partial charge in [0.1, 0.15) is 0 Å². The molecule has 0 aromatic heterocycles. The topological polar surface area (TPSA) is 67.6 Å². The van der Waals surface area contributed by atoms with Gasteiger partial charge in [-0.3, -0.25) is 4.99 Å². The average Bonchev–Trinajstić information content (AvgIpc) is 2.75. The highest BCUT2D eigenvalue weighted by atomic mass is 15.2. The fourth-order valence-corrected chi connectivity index (χ4v) is 2.53. The lowest BCUT2D eigenvalue weighted by atomic mass is 10.1. The lowest BCUT2D eigenvalue weighted by Gasteiger charge is -2.24. The minimum absolute atomic E-state index is 0.118. The second kappa shape index (κ2) is 5.35. The second-order valence-corrected chi connectivity index (χ2v) is 6.78. The number of hydrogen-bond acceptors (Lipinski definition) is 4. The van der Waals surface area contributed by atoms with Gasteiger partial charge in [0.2, 0.25) is 0 Å². The van der Waals surface area contributed by atoms with Crippen molar-refractivity contribution in [2.45, 2.75) is 39.7 Å². The van der Waals surface area contributed by atoms with Crippen molar-refractivity contribution in [2.24, 2.45) is 10.9 Å². The van der Waals surface area contributed by atoms with E-state index in [0.29, 0.717) is 5.92 Å². The number of nitrogens with two attached hydrogens (primary N) is 2. The Morgan fingerprint density at radius 1 is 1.25 bits per heavy atom. The summed E-state index contributed by atoms with van der Waals surface area (Å²) >= 11 is 0. The summed E-state index contributed by atoms with van der Waals surface area (Å²) in [6.07, 6.45) is 3.08. The normalized spacial score (nSPS) is 20.0. The van der Waals surface area contributed by atoms with E-state index in [1.165, 1.54) is 6.42 Å². The Balaban J connectivity index is 2.44. The van der Waals surface area contributed by atoms with Crippen LogP contribution in [0, 0.1) is 5.92 Å². The van der Waals surface area contributed by atoms with Gasteiger partial charge in [-0.1, -0.05) is 6.92 Å². The van der Waals surface area contributed by atoms with Crippen molar-refractivity contribution in [2.75, 3.05) is 29.5 Å². The predicted octanol–water partition coefficient (Wildman–Crippen LogP) is 2.91. The molecular formula is C16H26N4. The van der Waals surface area contributed by atoms with Gasteiger partial charge in [-0.2, -0.15) is 0 Å². The van der Waals surface area contributed by atoms with Gasteiger partial charge in [0.25, 0.3) is 0 Å². The third-order valence-electron chi connectivity index (χ3n) is 3.60. The van der Waals surface area contributed by atoms with E-state index in [4.69, 9.17) is 11.5 Å². The summed E-state index contributed by atoms with van der Waals surface area (Å²) < 4.78 is 0. The molecule has 1 aromatic rings. The third-order valence-corrected chi connectivity index (χ3v) is 3.60. The molecule has 1 aromatic carbocycles. The zero-order valence-electron chi connectivity index (χ0n) is 13.0. The van der Waals surface area contributed by atoms with Gasteiger partial charge in [0.05, 0.1) is 16.9 Å². The first kappa shape index (κ1) is 14.7. The Bertz CT molecular complexity index is 514. The molecule has 20 heavy (non-hydrogen) atoms. The van der Waals surface area contributed by atoms with Gasteiger partial charge in [-0.05, 0) is 45.2 Å². The quantitative estimate of drug-likeness (QED) is 0.643. The Hall–Kier alpha value is -1.71. The van der Waals surface area contributed by atoms with Crippen molar-refractivity contribution < 1.29 is 0 Å². The number of rotatable bonds is 2. The first-order valence-corrected chi connectivity index (χ1v) is 7.26. The SMILES string of the molecule is C[C@H]1CCN(c2c(N)ccc(N)c2C=NC(C)(C)C)C1. The minimum atomic E-state index is -0.118. The van der Waals surface area contributed by atoms with Gasteiger partial charge in [-0.25, -0.2) is 0 Å². The Kier molecular flexibility index (Phi) is 3.93. The van der Waals surface area contributed by atoms with Crippen LogP contribution >= 0.6 is 0 Å². The zero-order chi connectivity index (χ0) is 14.9. The van der Waals surface area contributed by atoms with Crippen molar-refractivity contribution in [1.29, 1.82) is 0 Å². The van der Waals surface area contributed by atoms with Gasteiger partial charge in [0, 0.05) is 30.6 Å². The number of anilines is 3. The first-order valence-electron chi connectivity index (χ1n) is 7.26. The Morgan fingerprint density at radius 3 is 2.45 bits per heavy atom. The van der Waals surface area contributed by atoms with E-state index in [1.54, 1.807) is 0 Å². The fraction of sp³-hybridized carbons (Fsp3) is 0.562. The molecule has 110 valence electrons. The first-order chi connectivity index (χ1) is 9.28. The molecule has 4 N–H and O–H groups in total. The molecule has 0 bridgehead atoms. The van der Waals surface area contributed by atoms with Crippen molar-refractivity contribution >= 4 is 23.3 Å². The Morgan fingerprint density at radius 2 is 1.90 bits per heavy atom. The molecule has 0 unspecified atom stereocenters. The summed E-state index contributed by atoms with van der Waals surface area (Å²) in [4.78, 5) is 6.93. The lowest BCUT2D eigenvalue weighted by molar-refractivity contribution is 0.586. The average molecular weight is 274 g/mol. The van der Waals surface area contributed by atoms with Crippen LogP contribution in [0.25, 0.3) is 0 Å². The second-order valence-electron chi connectivity index (χ2n) is 6.78. The standard InChI is InChI=1S/C16H26N4/c1-11-7-8-20(10-11)15-12(9-19-16(2,3)4)13(17)5-6-14(15)18/h5-6,9,11H,7-8,10,17-18H2,1-4H3/t11-/m0/s1. The van der Waals surface area contributed by atoms with Crippen LogP contribution in [0.15, 0.2) is 17.1 Å². The molecule has 1 aliphatic rings. The van der Waals surface area contributed by atoms with Crippen LogP contribution in [0.2, 0.25) is 0 Å². The molecule has 1 heterocycles. The van der Waals surface area contributed by atoms with Crippen molar-refractivity contribution in [3.05, 3.63) is 17.7 Å². The molecule has 4 nitrogen and oxygen atoms in total. The largest absolute Gasteiger partial charge is 0.398 e. The van der Waals surface area contributed by atoms with E-state index >= 15 is 0 Å². The number of hydrogen-bond donors (Lipinski definition) is 2. The molecule has 1 atom stereocenters. The number of aliphatic imine (C=N–C) groups is 1. The monoisotopic (exact) mass is 274 g/mol. The van der Waals surface area contributed by atoms with E-state index in [9.17, 15) is 0 Å². The molecule has 1 saturated heterocycles. The number of benzene rings is 1. The number of nitrogen functional groups attached to an aromatic ring is 2. The molecule has 0 saturated carbocycles. The highest BCUT2D eigenvalue weighted by Gasteiger charge is 2.23. The minimum Gasteiger partial charge on any atom is -0.398 e. The van der Waals surface area contributed by atoms with Crippen molar-refractivity contribution in [1.82, 2.24) is 0 Å². The summed E-state index contributed by atoms with van der Waals surface area (Å²) in [6.45, 7) is 10.6. The molecule has 1 aliphatic heterocycles. The maximum Gasteiger partial charge on any atom is 0.0709 e. The molecule has 0 spiro atoms. The summed E-state index contributed by atoms with van der Waals surface area (Å²) in [5.74, 6) is 0.697. The van der Waals surface area contributed by atoms with E-state index in [1.807, 2.05) is 18.3 Å². The molecule has 1 fully saturated rings. The summed E-state index contributed by atoms with van der Waals surface area (Å²) in [5, 5.41) is 0. The third kappa shape index (κ3) is 3.24. The zero-order valence-corrected chi connectivity index (χ0v) is 13.0. The molecular weight excluding hydrogens is 248 g/mol. The lowest BCUT2D eigenvalue weighted by Crippen LogP contribution is -2.23. The Labute approximate surface area is 121 Å². The van der Waals surface area contributed by atoms with Crippen LogP contribution < -0.4 is 16.4 Å². The molecule has 0 amide bonds. The van der Waals surface area contributed by atoms with Crippen LogP contribution in [0.5, 0.6) is 0 Å². The highest BCUT2D eigenvalue weighted by Crippen LogP contribution is 2.34. The van der Waals surface area contributed by atoms with Crippen LogP contribution in [0.1, 0.15) is 39.7 Å². The van der Waals surface area contributed by atoms with Gasteiger partial charge < -0.3 is 16.4 Å². The van der Waals surface area contributed by atoms with E-state index in [2.05, 4.69) is 37.6 Å². The van der Waals surface area contributed by atoms with Gasteiger partial charge in [0.15, 0.2) is 0 Å². The van der Waals surface area contributed by atoms with E-state index in [0.717, 1.165) is 35.7 Å². The van der Waals surface area contributed by atoms with Crippen molar-refractivity contribution in [3.63, 3.8) is 0 Å². The molecule has 4 heteroatoms. The fourth-order valence-electron chi connectivity index (χ4n) is 2.53. The van der Waals surface area contributed by atoms with Gasteiger partial charge in [-0.15, -0.1) is 0 Å². The van der Waals surface area contributed by atoms with Crippen LogP contribution in [-0.2, 0) is 0 Å². The van der Waals surface area contributed by atoms with Gasteiger partial charge >= 0.3 is 0 Å². The van der Waals surface area contributed by atoms with Crippen LogP contribution in [-0.4, -0.2) is 24.8 Å². The maximum atomic E-state index is 6.20. The molecule has 2 rings (SSSR count). The smallest absolute Gasteiger partial charge is 0.0709 e. The van der Waals surface area contributed by atoms with Crippen LogP contribution in [0.4, 0.5) is 17.1 Å². The molecule has 0 radical (unpaired) electrons. The summed E-state index contributed by atoms with van der Waals surface area (Å²) in [7, 11) is 0. The predicted molar refractivity (Wildman–Crippen MR) is 88.6 cm³/mol. The highest BCUT2D eigenvalue weighted by molar-refractivity contribution is 5.98. The summed E-state index contributed by atoms with van der Waals surface area (Å²) in [6, 6.07) is 3.75.